The Morgan fingerprint density at radius 3 is 2.09 bits per heavy atom. The third kappa shape index (κ3) is 4.81. The number of piperazine rings is 1. The maximum Gasteiger partial charge on any atom is 0.254 e. The van der Waals surface area contributed by atoms with Gasteiger partial charge in [-0.05, 0) is 48.9 Å². The Morgan fingerprint density at radius 1 is 0.969 bits per heavy atom. The van der Waals surface area contributed by atoms with Crippen molar-refractivity contribution in [3.8, 4) is 0 Å². The molecule has 0 spiro atoms. The van der Waals surface area contributed by atoms with Crippen molar-refractivity contribution in [2.75, 3.05) is 33.2 Å². The van der Waals surface area contributed by atoms with Crippen molar-refractivity contribution in [2.45, 2.75) is 24.8 Å². The molecule has 1 saturated heterocycles. The van der Waals surface area contributed by atoms with Gasteiger partial charge in [0.15, 0.2) is 11.6 Å². The molecule has 1 atom stereocenters. The molecule has 2 aromatic rings. The lowest BCUT2D eigenvalue weighted by Crippen LogP contribution is -2.49. The molecular weight excluding hydrogens is 440 g/mol. The molecule has 1 heterocycles. The minimum Gasteiger partial charge on any atom is -0.340 e. The number of rotatable bonds is 5. The first-order valence-corrected chi connectivity index (χ1v) is 11.5. The number of halogens is 2. The van der Waals surface area contributed by atoms with Crippen LogP contribution < -0.4 is 0 Å². The number of carbonyl (C=O) groups is 2. The molecule has 2 amide bonds. The van der Waals surface area contributed by atoms with Crippen molar-refractivity contribution in [1.82, 2.24) is 14.1 Å². The first-order chi connectivity index (χ1) is 15.0. The van der Waals surface area contributed by atoms with Gasteiger partial charge in [-0.2, -0.15) is 4.31 Å². The van der Waals surface area contributed by atoms with E-state index in [1.54, 1.807) is 11.8 Å². The first kappa shape index (κ1) is 23.8. The SMILES string of the molecule is CC(=O)N1CCN(S(=O)(=O)c2ccc(C(=O)N(C)[C@H](C)c3ccc(F)c(F)c3)cc2)CC1. The van der Waals surface area contributed by atoms with Crippen LogP contribution in [0.2, 0.25) is 0 Å². The minimum absolute atomic E-state index is 0.0571. The molecular formula is C22H25F2N3O4S. The largest absolute Gasteiger partial charge is 0.340 e. The Balaban J connectivity index is 1.72. The van der Waals surface area contributed by atoms with Crippen molar-refractivity contribution < 1.29 is 26.8 Å². The molecule has 2 aromatic carbocycles. The predicted molar refractivity (Wildman–Crippen MR) is 114 cm³/mol. The minimum atomic E-state index is -3.75. The van der Waals surface area contributed by atoms with Crippen LogP contribution in [0.5, 0.6) is 0 Å². The number of nitrogens with zero attached hydrogens (tertiary/aromatic N) is 3. The van der Waals surface area contributed by atoms with E-state index in [0.717, 1.165) is 12.1 Å². The summed E-state index contributed by atoms with van der Waals surface area (Å²) in [6.07, 6.45) is 0. The highest BCUT2D eigenvalue weighted by Crippen LogP contribution is 2.24. The second kappa shape index (κ2) is 9.33. The van der Waals surface area contributed by atoms with Crippen LogP contribution in [0.4, 0.5) is 8.78 Å². The summed E-state index contributed by atoms with van der Waals surface area (Å²) in [6, 6.07) is 8.53. The number of hydrogen-bond acceptors (Lipinski definition) is 4. The Hall–Kier alpha value is -2.85. The van der Waals surface area contributed by atoms with Crippen molar-refractivity contribution in [2.24, 2.45) is 0 Å². The molecule has 0 aromatic heterocycles. The molecule has 3 rings (SSSR count). The van der Waals surface area contributed by atoms with Gasteiger partial charge < -0.3 is 9.80 Å². The fourth-order valence-electron chi connectivity index (χ4n) is 3.54. The molecule has 7 nitrogen and oxygen atoms in total. The number of amides is 2. The second-order valence-electron chi connectivity index (χ2n) is 7.70. The van der Waals surface area contributed by atoms with Gasteiger partial charge in [0.1, 0.15) is 0 Å². The van der Waals surface area contributed by atoms with Crippen LogP contribution in [0, 0.1) is 11.6 Å². The monoisotopic (exact) mass is 465 g/mol. The summed E-state index contributed by atoms with van der Waals surface area (Å²) in [5.41, 5.74) is 0.700. The third-order valence-corrected chi connectivity index (χ3v) is 7.66. The number of hydrogen-bond donors (Lipinski definition) is 0. The van der Waals surface area contributed by atoms with E-state index in [1.165, 1.54) is 53.5 Å². The van der Waals surface area contributed by atoms with Crippen LogP contribution in [-0.2, 0) is 14.8 Å². The van der Waals surface area contributed by atoms with Crippen LogP contribution in [0.3, 0.4) is 0 Å². The summed E-state index contributed by atoms with van der Waals surface area (Å²) in [6.45, 7) is 4.21. The maximum absolute atomic E-state index is 13.5. The molecule has 32 heavy (non-hydrogen) atoms. The van der Waals surface area contributed by atoms with Gasteiger partial charge in [-0.3, -0.25) is 9.59 Å². The van der Waals surface area contributed by atoms with Crippen LogP contribution in [0.15, 0.2) is 47.4 Å². The quantitative estimate of drug-likeness (QED) is 0.680. The molecule has 0 unspecified atom stereocenters. The van der Waals surface area contributed by atoms with Crippen molar-refractivity contribution >= 4 is 21.8 Å². The first-order valence-electron chi connectivity index (χ1n) is 10.1. The van der Waals surface area contributed by atoms with Crippen LogP contribution in [0.1, 0.15) is 35.8 Å². The molecule has 172 valence electrons. The summed E-state index contributed by atoms with van der Waals surface area (Å²) in [4.78, 5) is 27.3. The summed E-state index contributed by atoms with van der Waals surface area (Å²) >= 11 is 0. The zero-order valence-electron chi connectivity index (χ0n) is 18.1. The van der Waals surface area contributed by atoms with Gasteiger partial charge >= 0.3 is 0 Å². The summed E-state index contributed by atoms with van der Waals surface area (Å²) < 4.78 is 53.8. The van der Waals surface area contributed by atoms with Gasteiger partial charge in [-0.15, -0.1) is 0 Å². The van der Waals surface area contributed by atoms with E-state index in [4.69, 9.17) is 0 Å². The molecule has 1 aliphatic rings. The molecule has 10 heteroatoms. The van der Waals surface area contributed by atoms with Gasteiger partial charge in [0, 0.05) is 45.7 Å². The van der Waals surface area contributed by atoms with E-state index in [0.29, 0.717) is 18.7 Å². The average Bonchev–Trinajstić information content (AvgIpc) is 2.79. The second-order valence-corrected chi connectivity index (χ2v) is 9.64. The van der Waals surface area contributed by atoms with Crippen LogP contribution >= 0.6 is 0 Å². The van der Waals surface area contributed by atoms with Crippen LogP contribution in [0.25, 0.3) is 0 Å². The number of benzene rings is 2. The van der Waals surface area contributed by atoms with Gasteiger partial charge in [0.2, 0.25) is 15.9 Å². The lowest BCUT2D eigenvalue weighted by atomic mass is 10.1. The highest BCUT2D eigenvalue weighted by Gasteiger charge is 2.29. The Morgan fingerprint density at radius 2 is 1.56 bits per heavy atom. The highest BCUT2D eigenvalue weighted by atomic mass is 32.2. The van der Waals surface area contributed by atoms with Crippen LogP contribution in [-0.4, -0.2) is 67.6 Å². The number of carbonyl (C=O) groups excluding carboxylic acids is 2. The lowest BCUT2D eigenvalue weighted by Gasteiger charge is -2.33. The fraction of sp³-hybridized carbons (Fsp3) is 0.364. The molecule has 0 bridgehead atoms. The summed E-state index contributed by atoms with van der Waals surface area (Å²) in [5, 5.41) is 0. The predicted octanol–water partition coefficient (Wildman–Crippen LogP) is 2.65. The third-order valence-electron chi connectivity index (χ3n) is 5.75. The highest BCUT2D eigenvalue weighted by molar-refractivity contribution is 7.89. The Labute approximate surface area is 186 Å². The molecule has 0 radical (unpaired) electrons. The normalized spacial score (nSPS) is 16.0. The van der Waals surface area contributed by atoms with E-state index in [9.17, 15) is 26.8 Å². The Bertz CT molecular complexity index is 1110. The molecule has 0 N–H and O–H groups in total. The van der Waals surface area contributed by atoms with Crippen molar-refractivity contribution in [3.63, 3.8) is 0 Å². The van der Waals surface area contributed by atoms with Gasteiger partial charge in [0.25, 0.3) is 5.91 Å². The van der Waals surface area contributed by atoms with Gasteiger partial charge in [-0.25, -0.2) is 17.2 Å². The molecule has 0 saturated carbocycles. The molecule has 1 aliphatic heterocycles. The van der Waals surface area contributed by atoms with Gasteiger partial charge in [-0.1, -0.05) is 6.07 Å². The van der Waals surface area contributed by atoms with E-state index in [1.807, 2.05) is 0 Å². The maximum atomic E-state index is 13.5. The smallest absolute Gasteiger partial charge is 0.254 e. The standard InChI is InChI=1S/C22H25F2N3O4S/c1-15(18-6-9-20(23)21(24)14-18)25(3)22(29)17-4-7-19(8-5-17)32(30,31)27-12-10-26(11-13-27)16(2)28/h4-9,14-15H,10-13H2,1-3H3/t15-/m1/s1. The molecule has 1 fully saturated rings. The van der Waals surface area contributed by atoms with Crippen molar-refractivity contribution in [3.05, 3.63) is 65.2 Å². The summed E-state index contributed by atoms with van der Waals surface area (Å²) in [7, 11) is -2.21. The van der Waals surface area contributed by atoms with E-state index < -0.39 is 27.7 Å². The topological polar surface area (TPSA) is 78.0 Å². The molecule has 0 aliphatic carbocycles. The Kier molecular flexibility index (Phi) is 6.94. The van der Waals surface area contributed by atoms with Gasteiger partial charge in [0.05, 0.1) is 10.9 Å². The summed E-state index contributed by atoms with van der Waals surface area (Å²) in [5.74, 6) is -2.43. The van der Waals surface area contributed by atoms with Crippen molar-refractivity contribution in [1.29, 1.82) is 0 Å². The average molecular weight is 466 g/mol. The van der Waals surface area contributed by atoms with E-state index >= 15 is 0 Å². The zero-order valence-corrected chi connectivity index (χ0v) is 18.9. The van der Waals surface area contributed by atoms with E-state index in [2.05, 4.69) is 0 Å². The van der Waals surface area contributed by atoms with E-state index in [-0.39, 0.29) is 35.4 Å². The number of sulfonamides is 1. The zero-order chi connectivity index (χ0) is 23.6. The fourth-order valence-corrected chi connectivity index (χ4v) is 4.96. The lowest BCUT2D eigenvalue weighted by molar-refractivity contribution is -0.129.